The molecule has 2 rings (SSSR count). The zero-order valence-corrected chi connectivity index (χ0v) is 12.7. The SMILES string of the molecule is N#CC(=C(O)c1ccccc1C(F)(F)F)c1ccc(OC(F)(F)F)cc1. The molecule has 3 nitrogen and oxygen atoms in total. The number of halogens is 6. The lowest BCUT2D eigenvalue weighted by atomic mass is 9.98. The molecular weight excluding hydrogens is 364 g/mol. The highest BCUT2D eigenvalue weighted by Gasteiger charge is 2.34. The summed E-state index contributed by atoms with van der Waals surface area (Å²) in [5.41, 5.74) is -2.37. The van der Waals surface area contributed by atoms with Gasteiger partial charge in [0.05, 0.1) is 5.56 Å². The molecule has 0 fully saturated rings. The summed E-state index contributed by atoms with van der Waals surface area (Å²) >= 11 is 0. The summed E-state index contributed by atoms with van der Waals surface area (Å²) in [6.45, 7) is 0. The molecule has 0 spiro atoms. The van der Waals surface area contributed by atoms with Gasteiger partial charge in [-0.1, -0.05) is 18.2 Å². The maximum atomic E-state index is 13.0. The minimum atomic E-state index is -4.91. The highest BCUT2D eigenvalue weighted by Crippen LogP contribution is 2.36. The lowest BCUT2D eigenvalue weighted by molar-refractivity contribution is -0.274. The van der Waals surface area contributed by atoms with Gasteiger partial charge in [-0.15, -0.1) is 13.2 Å². The van der Waals surface area contributed by atoms with E-state index in [4.69, 9.17) is 0 Å². The number of hydrogen-bond acceptors (Lipinski definition) is 3. The second kappa shape index (κ2) is 7.00. The zero-order valence-electron chi connectivity index (χ0n) is 12.7. The molecule has 9 heteroatoms. The molecule has 2 aromatic rings. The Balaban J connectivity index is 2.50. The number of nitriles is 1. The average molecular weight is 373 g/mol. The van der Waals surface area contributed by atoms with Crippen LogP contribution in [-0.2, 0) is 6.18 Å². The van der Waals surface area contributed by atoms with Crippen molar-refractivity contribution in [2.24, 2.45) is 0 Å². The fraction of sp³-hybridized carbons (Fsp3) is 0.118. The fourth-order valence-corrected chi connectivity index (χ4v) is 2.15. The minimum Gasteiger partial charge on any atom is -0.506 e. The number of benzene rings is 2. The van der Waals surface area contributed by atoms with E-state index >= 15 is 0 Å². The van der Waals surface area contributed by atoms with Gasteiger partial charge in [0.25, 0.3) is 0 Å². The van der Waals surface area contributed by atoms with Gasteiger partial charge in [-0.2, -0.15) is 18.4 Å². The van der Waals surface area contributed by atoms with Crippen LogP contribution < -0.4 is 4.74 Å². The van der Waals surface area contributed by atoms with Crippen molar-refractivity contribution in [2.45, 2.75) is 12.5 Å². The van der Waals surface area contributed by atoms with Crippen LogP contribution in [0.5, 0.6) is 5.75 Å². The van der Waals surface area contributed by atoms with E-state index in [2.05, 4.69) is 4.74 Å². The fourth-order valence-electron chi connectivity index (χ4n) is 2.15. The monoisotopic (exact) mass is 373 g/mol. The topological polar surface area (TPSA) is 53.2 Å². The molecule has 136 valence electrons. The summed E-state index contributed by atoms with van der Waals surface area (Å²) in [6.07, 6.45) is -9.68. The largest absolute Gasteiger partial charge is 0.573 e. The maximum Gasteiger partial charge on any atom is 0.573 e. The van der Waals surface area contributed by atoms with E-state index in [9.17, 15) is 36.7 Å². The van der Waals surface area contributed by atoms with E-state index in [1.165, 1.54) is 6.07 Å². The third-order valence-corrected chi connectivity index (χ3v) is 3.21. The van der Waals surface area contributed by atoms with Crippen molar-refractivity contribution in [2.75, 3.05) is 0 Å². The third kappa shape index (κ3) is 4.47. The van der Waals surface area contributed by atoms with Crippen molar-refractivity contribution < 1.29 is 36.2 Å². The molecule has 26 heavy (non-hydrogen) atoms. The van der Waals surface area contributed by atoms with Crippen molar-refractivity contribution in [3.8, 4) is 11.8 Å². The Labute approximate surface area is 143 Å². The molecule has 0 unspecified atom stereocenters. The van der Waals surface area contributed by atoms with Crippen LogP contribution in [0.3, 0.4) is 0 Å². The molecule has 0 radical (unpaired) electrons. The van der Waals surface area contributed by atoms with Gasteiger partial charge in [-0.05, 0) is 35.9 Å². The normalized spacial score (nSPS) is 13.0. The Morgan fingerprint density at radius 2 is 1.50 bits per heavy atom. The predicted molar refractivity (Wildman–Crippen MR) is 79.6 cm³/mol. The van der Waals surface area contributed by atoms with Gasteiger partial charge >= 0.3 is 12.5 Å². The Bertz CT molecular complexity index is 861. The number of aliphatic hydroxyl groups excluding tert-OH is 1. The van der Waals surface area contributed by atoms with Gasteiger partial charge in [0.1, 0.15) is 23.2 Å². The van der Waals surface area contributed by atoms with Gasteiger partial charge in [0.2, 0.25) is 0 Å². The minimum absolute atomic E-state index is 0.0727. The Morgan fingerprint density at radius 1 is 0.923 bits per heavy atom. The van der Waals surface area contributed by atoms with Crippen LogP contribution in [0.1, 0.15) is 16.7 Å². The molecule has 0 aromatic heterocycles. The smallest absolute Gasteiger partial charge is 0.506 e. The summed E-state index contributed by atoms with van der Waals surface area (Å²) in [7, 11) is 0. The molecule has 0 atom stereocenters. The number of ether oxygens (including phenoxy) is 1. The van der Waals surface area contributed by atoms with E-state index in [1.54, 1.807) is 6.07 Å². The zero-order chi connectivity index (χ0) is 19.5. The molecular formula is C17H9F6NO2. The number of allylic oxidation sites excluding steroid dienone is 1. The number of aliphatic hydroxyl groups is 1. The standard InChI is InChI=1S/C17H9F6NO2/c18-16(19,20)14-4-2-1-3-12(14)15(25)13(9-24)10-5-7-11(8-6-10)26-17(21,22)23/h1-8,25H. The van der Waals surface area contributed by atoms with E-state index in [1.807, 2.05) is 0 Å². The molecule has 1 N–H and O–H groups in total. The van der Waals surface area contributed by atoms with Crippen LogP contribution in [0.2, 0.25) is 0 Å². The lowest BCUT2D eigenvalue weighted by Gasteiger charge is -2.13. The molecule has 0 saturated carbocycles. The van der Waals surface area contributed by atoms with Gasteiger partial charge in [-0.25, -0.2) is 0 Å². The molecule has 0 aliphatic carbocycles. The van der Waals surface area contributed by atoms with Gasteiger partial charge in [0, 0.05) is 5.56 Å². The molecule has 2 aromatic carbocycles. The first-order chi connectivity index (χ1) is 12.0. The third-order valence-electron chi connectivity index (χ3n) is 3.21. The summed E-state index contributed by atoms with van der Waals surface area (Å²) in [5.74, 6) is -1.52. The highest BCUT2D eigenvalue weighted by atomic mass is 19.4. The highest BCUT2D eigenvalue weighted by molar-refractivity contribution is 5.94. The van der Waals surface area contributed by atoms with Crippen molar-refractivity contribution in [3.63, 3.8) is 0 Å². The van der Waals surface area contributed by atoms with Crippen LogP contribution in [0.4, 0.5) is 26.3 Å². The van der Waals surface area contributed by atoms with Crippen LogP contribution >= 0.6 is 0 Å². The van der Waals surface area contributed by atoms with Gasteiger partial charge in [-0.3, -0.25) is 0 Å². The first-order valence-electron chi connectivity index (χ1n) is 6.89. The Hall–Kier alpha value is -3.15. The van der Waals surface area contributed by atoms with Crippen LogP contribution in [0.15, 0.2) is 48.5 Å². The van der Waals surface area contributed by atoms with Gasteiger partial charge < -0.3 is 9.84 Å². The van der Waals surface area contributed by atoms with E-state index < -0.39 is 40.7 Å². The molecule has 0 aliphatic rings. The van der Waals surface area contributed by atoms with Crippen LogP contribution in [-0.4, -0.2) is 11.5 Å². The Morgan fingerprint density at radius 3 is 2.00 bits per heavy atom. The number of nitrogens with zero attached hydrogens (tertiary/aromatic N) is 1. The second-order valence-corrected chi connectivity index (χ2v) is 4.95. The summed E-state index contributed by atoms with van der Waals surface area (Å²) in [5, 5.41) is 19.4. The number of hydrogen-bond donors (Lipinski definition) is 1. The summed E-state index contributed by atoms with van der Waals surface area (Å²) in [4.78, 5) is 0. The first kappa shape index (κ1) is 19.2. The predicted octanol–water partition coefficient (Wildman–Crippen LogP) is 5.55. The maximum absolute atomic E-state index is 13.0. The van der Waals surface area contributed by atoms with Crippen molar-refractivity contribution >= 4 is 11.3 Å². The van der Waals surface area contributed by atoms with Crippen LogP contribution in [0.25, 0.3) is 11.3 Å². The van der Waals surface area contributed by atoms with E-state index in [-0.39, 0.29) is 5.56 Å². The molecule has 0 saturated heterocycles. The molecule has 0 amide bonds. The van der Waals surface area contributed by atoms with Crippen molar-refractivity contribution in [1.82, 2.24) is 0 Å². The number of alkyl halides is 6. The summed E-state index contributed by atoms with van der Waals surface area (Å²) < 4.78 is 79.2. The van der Waals surface area contributed by atoms with E-state index in [0.717, 1.165) is 42.5 Å². The first-order valence-corrected chi connectivity index (χ1v) is 6.89. The van der Waals surface area contributed by atoms with Gasteiger partial charge in [0.15, 0.2) is 0 Å². The van der Waals surface area contributed by atoms with Crippen molar-refractivity contribution in [1.29, 1.82) is 5.26 Å². The summed E-state index contributed by atoms with van der Waals surface area (Å²) in [6, 6.07) is 9.44. The lowest BCUT2D eigenvalue weighted by Crippen LogP contribution is -2.17. The number of rotatable bonds is 3. The molecule has 0 bridgehead atoms. The second-order valence-electron chi connectivity index (χ2n) is 4.95. The quantitative estimate of drug-likeness (QED) is 0.332. The van der Waals surface area contributed by atoms with E-state index in [0.29, 0.717) is 0 Å². The molecule has 0 heterocycles. The molecule has 0 aliphatic heterocycles. The van der Waals surface area contributed by atoms with Crippen molar-refractivity contribution in [3.05, 3.63) is 65.2 Å². The Kier molecular flexibility index (Phi) is 5.16. The van der Waals surface area contributed by atoms with Crippen LogP contribution in [0, 0.1) is 11.3 Å². The average Bonchev–Trinajstić information content (AvgIpc) is 2.55.